The number of nitrogens with one attached hydrogen (secondary N) is 1. The monoisotopic (exact) mass is 301 g/mol. The van der Waals surface area contributed by atoms with Crippen molar-refractivity contribution < 1.29 is 0 Å². The van der Waals surface area contributed by atoms with Gasteiger partial charge >= 0.3 is 0 Å². The third kappa shape index (κ3) is 3.30. The minimum Gasteiger partial charge on any atom is -0.307 e. The molecule has 0 atom stereocenters. The predicted octanol–water partition coefficient (Wildman–Crippen LogP) is 3.86. The standard InChI is InChI=1S/C15H15N3S2/c1-11-4-5-12(8-17-11)7-16-9-13-10-20-15(18-13)14-3-2-6-19-14/h2-6,8,10,16H,7,9H2,1H3. The van der Waals surface area contributed by atoms with Gasteiger partial charge in [-0.15, -0.1) is 22.7 Å². The summed E-state index contributed by atoms with van der Waals surface area (Å²) in [5, 5.41) is 8.71. The Labute approximate surface area is 126 Å². The highest BCUT2D eigenvalue weighted by Crippen LogP contribution is 2.27. The molecule has 0 unspecified atom stereocenters. The molecule has 0 aliphatic carbocycles. The molecule has 0 spiro atoms. The zero-order chi connectivity index (χ0) is 13.8. The first-order chi connectivity index (χ1) is 9.81. The average Bonchev–Trinajstić information content (AvgIpc) is 3.11. The van der Waals surface area contributed by atoms with Crippen LogP contribution < -0.4 is 5.32 Å². The molecule has 0 fully saturated rings. The molecule has 0 saturated heterocycles. The maximum atomic E-state index is 4.65. The molecule has 0 aliphatic rings. The quantitative estimate of drug-likeness (QED) is 0.777. The Morgan fingerprint density at radius 2 is 2.10 bits per heavy atom. The lowest BCUT2D eigenvalue weighted by Crippen LogP contribution is -2.13. The van der Waals surface area contributed by atoms with Crippen LogP contribution in [-0.4, -0.2) is 9.97 Å². The Kier molecular flexibility index (Phi) is 4.20. The molecule has 20 heavy (non-hydrogen) atoms. The number of aromatic nitrogens is 2. The molecule has 0 saturated carbocycles. The predicted molar refractivity (Wildman–Crippen MR) is 84.9 cm³/mol. The van der Waals surface area contributed by atoms with Crippen molar-refractivity contribution >= 4 is 22.7 Å². The van der Waals surface area contributed by atoms with E-state index in [0.29, 0.717) is 0 Å². The smallest absolute Gasteiger partial charge is 0.133 e. The van der Waals surface area contributed by atoms with E-state index in [1.54, 1.807) is 22.7 Å². The lowest BCUT2D eigenvalue weighted by molar-refractivity contribution is 0.681. The van der Waals surface area contributed by atoms with Gasteiger partial charge in [-0.05, 0) is 30.0 Å². The van der Waals surface area contributed by atoms with E-state index in [-0.39, 0.29) is 0 Å². The van der Waals surface area contributed by atoms with Crippen molar-refractivity contribution in [2.24, 2.45) is 0 Å². The van der Waals surface area contributed by atoms with Gasteiger partial charge in [0.2, 0.25) is 0 Å². The number of thiazole rings is 1. The van der Waals surface area contributed by atoms with Gasteiger partial charge in [-0.1, -0.05) is 12.1 Å². The van der Waals surface area contributed by atoms with Crippen LogP contribution in [-0.2, 0) is 13.1 Å². The van der Waals surface area contributed by atoms with Gasteiger partial charge in [-0.25, -0.2) is 4.98 Å². The lowest BCUT2D eigenvalue weighted by atomic mass is 10.2. The number of rotatable bonds is 5. The molecule has 3 aromatic rings. The molecular formula is C15H15N3S2. The van der Waals surface area contributed by atoms with Crippen molar-refractivity contribution in [2.45, 2.75) is 20.0 Å². The third-order valence-corrected chi connectivity index (χ3v) is 4.82. The van der Waals surface area contributed by atoms with E-state index in [0.717, 1.165) is 29.5 Å². The summed E-state index contributed by atoms with van der Waals surface area (Å²) in [6.07, 6.45) is 1.92. The Bertz CT molecular complexity index is 657. The second-order valence-electron chi connectivity index (χ2n) is 4.53. The first-order valence-corrected chi connectivity index (χ1v) is 8.18. The summed E-state index contributed by atoms with van der Waals surface area (Å²) in [6.45, 7) is 3.60. The number of pyridine rings is 1. The summed E-state index contributed by atoms with van der Waals surface area (Å²) < 4.78 is 0. The van der Waals surface area contributed by atoms with E-state index >= 15 is 0 Å². The van der Waals surface area contributed by atoms with Gasteiger partial charge < -0.3 is 5.32 Å². The average molecular weight is 301 g/mol. The number of aryl methyl sites for hydroxylation is 1. The maximum Gasteiger partial charge on any atom is 0.133 e. The Morgan fingerprint density at radius 3 is 2.85 bits per heavy atom. The molecule has 3 rings (SSSR count). The van der Waals surface area contributed by atoms with E-state index in [2.05, 4.69) is 44.2 Å². The summed E-state index contributed by atoms with van der Waals surface area (Å²) in [6, 6.07) is 8.31. The second kappa shape index (κ2) is 6.26. The molecule has 0 amide bonds. The van der Waals surface area contributed by atoms with Crippen LogP contribution in [0.2, 0.25) is 0 Å². The van der Waals surface area contributed by atoms with Gasteiger partial charge in [0.05, 0.1) is 10.6 Å². The van der Waals surface area contributed by atoms with Crippen molar-refractivity contribution in [1.82, 2.24) is 15.3 Å². The zero-order valence-electron chi connectivity index (χ0n) is 11.2. The van der Waals surface area contributed by atoms with Crippen LogP contribution in [0.4, 0.5) is 0 Å². The Morgan fingerprint density at radius 1 is 1.15 bits per heavy atom. The molecule has 102 valence electrons. The fraction of sp³-hybridized carbons (Fsp3) is 0.200. The van der Waals surface area contributed by atoms with Gasteiger partial charge in [0.15, 0.2) is 0 Å². The van der Waals surface area contributed by atoms with E-state index in [1.807, 2.05) is 19.2 Å². The van der Waals surface area contributed by atoms with Crippen LogP contribution in [0.3, 0.4) is 0 Å². The van der Waals surface area contributed by atoms with E-state index < -0.39 is 0 Å². The highest BCUT2D eigenvalue weighted by Gasteiger charge is 2.05. The van der Waals surface area contributed by atoms with Crippen LogP contribution in [0, 0.1) is 6.92 Å². The number of nitrogens with zero attached hydrogens (tertiary/aromatic N) is 2. The fourth-order valence-corrected chi connectivity index (χ4v) is 3.47. The van der Waals surface area contributed by atoms with E-state index in [9.17, 15) is 0 Å². The first-order valence-electron chi connectivity index (χ1n) is 6.42. The van der Waals surface area contributed by atoms with Crippen molar-refractivity contribution in [1.29, 1.82) is 0 Å². The molecule has 3 aromatic heterocycles. The summed E-state index contributed by atoms with van der Waals surface area (Å²) >= 11 is 3.43. The van der Waals surface area contributed by atoms with Crippen molar-refractivity contribution in [3.63, 3.8) is 0 Å². The number of hydrogen-bond acceptors (Lipinski definition) is 5. The number of hydrogen-bond donors (Lipinski definition) is 1. The Hall–Kier alpha value is -1.56. The lowest BCUT2D eigenvalue weighted by Gasteiger charge is -2.02. The van der Waals surface area contributed by atoms with Crippen molar-refractivity contribution in [3.05, 3.63) is 58.2 Å². The molecule has 3 heterocycles. The molecule has 3 nitrogen and oxygen atoms in total. The largest absolute Gasteiger partial charge is 0.307 e. The van der Waals surface area contributed by atoms with Gasteiger partial charge in [-0.3, -0.25) is 4.98 Å². The van der Waals surface area contributed by atoms with Gasteiger partial charge in [0.25, 0.3) is 0 Å². The van der Waals surface area contributed by atoms with Gasteiger partial charge in [-0.2, -0.15) is 0 Å². The molecule has 0 aromatic carbocycles. The van der Waals surface area contributed by atoms with Crippen LogP contribution in [0.25, 0.3) is 9.88 Å². The normalized spacial score (nSPS) is 10.8. The number of thiophene rings is 1. The van der Waals surface area contributed by atoms with E-state index in [4.69, 9.17) is 0 Å². The summed E-state index contributed by atoms with van der Waals surface area (Å²) in [4.78, 5) is 10.2. The van der Waals surface area contributed by atoms with Crippen LogP contribution >= 0.6 is 22.7 Å². The van der Waals surface area contributed by atoms with Crippen molar-refractivity contribution in [2.75, 3.05) is 0 Å². The molecule has 0 bridgehead atoms. The highest BCUT2D eigenvalue weighted by molar-refractivity contribution is 7.20. The highest BCUT2D eigenvalue weighted by atomic mass is 32.1. The van der Waals surface area contributed by atoms with Crippen LogP contribution in [0.5, 0.6) is 0 Å². The SMILES string of the molecule is Cc1ccc(CNCc2csc(-c3cccs3)n2)cn1. The molecule has 5 heteroatoms. The molecule has 0 aliphatic heterocycles. The molecule has 0 radical (unpaired) electrons. The van der Waals surface area contributed by atoms with Gasteiger partial charge in [0.1, 0.15) is 5.01 Å². The molecule has 1 N–H and O–H groups in total. The van der Waals surface area contributed by atoms with Crippen LogP contribution in [0.15, 0.2) is 41.2 Å². The summed E-state index contributed by atoms with van der Waals surface area (Å²) in [7, 11) is 0. The Balaban J connectivity index is 1.55. The van der Waals surface area contributed by atoms with Crippen LogP contribution in [0.1, 0.15) is 17.0 Å². The minimum absolute atomic E-state index is 0.787. The summed E-state index contributed by atoms with van der Waals surface area (Å²) in [5.41, 5.74) is 3.34. The first kappa shape index (κ1) is 13.4. The van der Waals surface area contributed by atoms with E-state index in [1.165, 1.54) is 10.4 Å². The summed E-state index contributed by atoms with van der Waals surface area (Å²) in [5.74, 6) is 0. The topological polar surface area (TPSA) is 37.8 Å². The minimum atomic E-state index is 0.787. The maximum absolute atomic E-state index is 4.65. The van der Waals surface area contributed by atoms with Crippen molar-refractivity contribution in [3.8, 4) is 9.88 Å². The second-order valence-corrected chi connectivity index (χ2v) is 6.34. The third-order valence-electron chi connectivity index (χ3n) is 2.89. The fourth-order valence-electron chi connectivity index (χ4n) is 1.84. The zero-order valence-corrected chi connectivity index (χ0v) is 12.8. The molecular weight excluding hydrogens is 286 g/mol. The van der Waals surface area contributed by atoms with Gasteiger partial charge in [0, 0.05) is 30.4 Å².